The molecule has 0 spiro atoms. The highest BCUT2D eigenvalue weighted by molar-refractivity contribution is 7.89. The molecule has 148 valence electrons. The van der Waals surface area contributed by atoms with Gasteiger partial charge >= 0.3 is 0 Å². The lowest BCUT2D eigenvalue weighted by molar-refractivity contribution is 0.477. The third-order valence-electron chi connectivity index (χ3n) is 5.35. The summed E-state index contributed by atoms with van der Waals surface area (Å²) in [4.78, 5) is 8.13. The Morgan fingerprint density at radius 2 is 1.83 bits per heavy atom. The Labute approximate surface area is 169 Å². The number of H-pyrrole nitrogens is 1. The van der Waals surface area contributed by atoms with Gasteiger partial charge in [0, 0.05) is 42.8 Å². The average molecular weight is 407 g/mol. The summed E-state index contributed by atoms with van der Waals surface area (Å²) >= 11 is 0. The standard InChI is InChI=1S/C21H21N5O2S/c27-29(28,26-12-1-2-13-26)18-6-4-16(5-7-18)19-8-10-22-21-20(19)14-17(24-21)15-25-11-3-9-23-25/h3-11,14H,1-2,12-13,15H2,(H,22,24). The number of hydrogen-bond donors (Lipinski definition) is 1. The van der Waals surface area contributed by atoms with E-state index in [-0.39, 0.29) is 0 Å². The van der Waals surface area contributed by atoms with E-state index >= 15 is 0 Å². The predicted molar refractivity (Wildman–Crippen MR) is 111 cm³/mol. The number of benzene rings is 1. The molecule has 4 aromatic rings. The fourth-order valence-electron chi connectivity index (χ4n) is 3.87. The van der Waals surface area contributed by atoms with Crippen molar-refractivity contribution in [1.82, 2.24) is 24.1 Å². The Morgan fingerprint density at radius 3 is 2.55 bits per heavy atom. The van der Waals surface area contributed by atoms with E-state index in [4.69, 9.17) is 0 Å². The highest BCUT2D eigenvalue weighted by Gasteiger charge is 2.27. The number of aromatic amines is 1. The van der Waals surface area contributed by atoms with E-state index < -0.39 is 10.0 Å². The van der Waals surface area contributed by atoms with E-state index in [1.54, 1.807) is 28.8 Å². The summed E-state index contributed by atoms with van der Waals surface area (Å²) in [6.07, 6.45) is 7.30. The largest absolute Gasteiger partial charge is 0.342 e. The molecule has 29 heavy (non-hydrogen) atoms. The van der Waals surface area contributed by atoms with Crippen LogP contribution in [0.3, 0.4) is 0 Å². The maximum absolute atomic E-state index is 12.8. The van der Waals surface area contributed by atoms with E-state index in [1.807, 2.05) is 35.1 Å². The Kier molecular flexibility index (Phi) is 4.44. The SMILES string of the molecule is O=S(=O)(c1ccc(-c2ccnc3[nH]c(Cn4cccn4)cc23)cc1)N1CCCC1. The summed E-state index contributed by atoms with van der Waals surface area (Å²) in [5.74, 6) is 0. The van der Waals surface area contributed by atoms with Crippen molar-refractivity contribution in [2.24, 2.45) is 0 Å². The molecule has 8 heteroatoms. The average Bonchev–Trinajstić information content (AvgIpc) is 3.49. The van der Waals surface area contributed by atoms with Crippen LogP contribution in [-0.4, -0.2) is 45.6 Å². The molecule has 4 heterocycles. The van der Waals surface area contributed by atoms with Crippen LogP contribution < -0.4 is 0 Å². The van der Waals surface area contributed by atoms with Crippen LogP contribution in [0.25, 0.3) is 22.2 Å². The van der Waals surface area contributed by atoms with Crippen molar-refractivity contribution in [1.29, 1.82) is 0 Å². The highest BCUT2D eigenvalue weighted by atomic mass is 32.2. The molecule has 0 unspecified atom stereocenters. The van der Waals surface area contributed by atoms with Crippen molar-refractivity contribution >= 4 is 21.1 Å². The number of sulfonamides is 1. The van der Waals surface area contributed by atoms with Crippen LogP contribution in [0.15, 0.2) is 66.0 Å². The zero-order chi connectivity index (χ0) is 19.8. The summed E-state index contributed by atoms with van der Waals surface area (Å²) in [5, 5.41) is 5.25. The highest BCUT2D eigenvalue weighted by Crippen LogP contribution is 2.30. The minimum absolute atomic E-state index is 0.349. The molecule has 0 aliphatic carbocycles. The number of fused-ring (bicyclic) bond motifs is 1. The second-order valence-corrected chi connectivity index (χ2v) is 9.19. The molecule has 0 bridgehead atoms. The van der Waals surface area contributed by atoms with Crippen molar-refractivity contribution in [2.45, 2.75) is 24.3 Å². The molecule has 1 aromatic carbocycles. The van der Waals surface area contributed by atoms with Gasteiger partial charge in [-0.05, 0) is 54.3 Å². The number of nitrogens with one attached hydrogen (secondary N) is 1. The zero-order valence-corrected chi connectivity index (χ0v) is 16.6. The van der Waals surface area contributed by atoms with Gasteiger partial charge in [-0.15, -0.1) is 0 Å². The van der Waals surface area contributed by atoms with Crippen molar-refractivity contribution in [3.05, 3.63) is 66.7 Å². The number of hydrogen-bond acceptors (Lipinski definition) is 4. The molecule has 1 fully saturated rings. The molecule has 1 saturated heterocycles. The lowest BCUT2D eigenvalue weighted by atomic mass is 10.0. The lowest BCUT2D eigenvalue weighted by Gasteiger charge is -2.15. The second-order valence-electron chi connectivity index (χ2n) is 7.25. The first kappa shape index (κ1) is 18.1. The van der Waals surface area contributed by atoms with E-state index in [1.165, 1.54) is 0 Å². The van der Waals surface area contributed by atoms with E-state index in [9.17, 15) is 8.42 Å². The number of pyridine rings is 1. The van der Waals surface area contributed by atoms with Crippen LogP contribution >= 0.6 is 0 Å². The first-order valence-electron chi connectivity index (χ1n) is 9.66. The minimum Gasteiger partial charge on any atom is -0.342 e. The predicted octanol–water partition coefficient (Wildman–Crippen LogP) is 3.26. The maximum atomic E-state index is 12.8. The lowest BCUT2D eigenvalue weighted by Crippen LogP contribution is -2.27. The van der Waals surface area contributed by atoms with E-state index in [0.717, 1.165) is 40.7 Å². The van der Waals surface area contributed by atoms with Crippen molar-refractivity contribution in [2.75, 3.05) is 13.1 Å². The molecule has 5 rings (SSSR count). The summed E-state index contributed by atoms with van der Waals surface area (Å²) in [6, 6.07) is 13.1. The molecule has 0 saturated carbocycles. The molecule has 1 aliphatic heterocycles. The Morgan fingerprint density at radius 1 is 1.03 bits per heavy atom. The van der Waals surface area contributed by atoms with Gasteiger partial charge in [-0.2, -0.15) is 9.40 Å². The van der Waals surface area contributed by atoms with Crippen molar-refractivity contribution in [3.8, 4) is 11.1 Å². The van der Waals surface area contributed by atoms with Gasteiger partial charge in [0.25, 0.3) is 0 Å². The molecular weight excluding hydrogens is 386 g/mol. The van der Waals surface area contributed by atoms with Crippen LogP contribution in [-0.2, 0) is 16.6 Å². The van der Waals surface area contributed by atoms with Crippen molar-refractivity contribution in [3.63, 3.8) is 0 Å². The van der Waals surface area contributed by atoms with Crippen LogP contribution in [0.5, 0.6) is 0 Å². The summed E-state index contributed by atoms with van der Waals surface area (Å²) in [7, 11) is -3.40. The molecule has 1 N–H and O–H groups in total. The first-order chi connectivity index (χ1) is 14.1. The third kappa shape index (κ3) is 3.34. The quantitative estimate of drug-likeness (QED) is 0.550. The van der Waals surface area contributed by atoms with Gasteiger partial charge in [-0.3, -0.25) is 4.68 Å². The first-order valence-corrected chi connectivity index (χ1v) is 11.1. The number of nitrogens with zero attached hydrogens (tertiary/aromatic N) is 4. The normalized spacial score (nSPS) is 15.3. The number of aromatic nitrogens is 4. The fourth-order valence-corrected chi connectivity index (χ4v) is 5.39. The summed E-state index contributed by atoms with van der Waals surface area (Å²) in [5.41, 5.74) is 3.79. The Hall–Kier alpha value is -2.97. The molecular formula is C21H21N5O2S. The van der Waals surface area contributed by atoms with Gasteiger partial charge < -0.3 is 4.98 Å². The zero-order valence-electron chi connectivity index (χ0n) is 15.8. The van der Waals surface area contributed by atoms with Gasteiger partial charge in [0.05, 0.1) is 11.4 Å². The van der Waals surface area contributed by atoms with Crippen molar-refractivity contribution < 1.29 is 8.42 Å². The van der Waals surface area contributed by atoms with E-state index in [0.29, 0.717) is 24.5 Å². The Balaban J connectivity index is 1.48. The number of rotatable bonds is 5. The Bertz CT molecular complexity index is 1240. The van der Waals surface area contributed by atoms with E-state index in [2.05, 4.69) is 21.1 Å². The molecule has 1 aliphatic rings. The molecule has 7 nitrogen and oxygen atoms in total. The van der Waals surface area contributed by atoms with Crippen LogP contribution in [0.1, 0.15) is 18.5 Å². The fraction of sp³-hybridized carbons (Fsp3) is 0.238. The monoisotopic (exact) mass is 407 g/mol. The molecule has 0 atom stereocenters. The summed E-state index contributed by atoms with van der Waals surface area (Å²) < 4.78 is 28.9. The van der Waals surface area contributed by atoms with Gasteiger partial charge in [-0.1, -0.05) is 12.1 Å². The second kappa shape index (κ2) is 7.13. The summed E-state index contributed by atoms with van der Waals surface area (Å²) in [6.45, 7) is 1.85. The smallest absolute Gasteiger partial charge is 0.243 e. The topological polar surface area (TPSA) is 83.9 Å². The van der Waals surface area contributed by atoms with Gasteiger partial charge in [0.1, 0.15) is 5.65 Å². The molecule has 0 amide bonds. The minimum atomic E-state index is -3.40. The van der Waals surface area contributed by atoms with Crippen LogP contribution in [0.2, 0.25) is 0 Å². The van der Waals surface area contributed by atoms with Gasteiger partial charge in [-0.25, -0.2) is 13.4 Å². The maximum Gasteiger partial charge on any atom is 0.243 e. The third-order valence-corrected chi connectivity index (χ3v) is 7.26. The van der Waals surface area contributed by atoms with Gasteiger partial charge in [0.15, 0.2) is 0 Å². The van der Waals surface area contributed by atoms with Crippen LogP contribution in [0, 0.1) is 0 Å². The van der Waals surface area contributed by atoms with Crippen LogP contribution in [0.4, 0.5) is 0 Å². The molecule has 3 aromatic heterocycles. The van der Waals surface area contributed by atoms with Gasteiger partial charge in [0.2, 0.25) is 10.0 Å². The molecule has 0 radical (unpaired) electrons.